The number of aryl methyl sites for hydroxylation is 1. The van der Waals surface area contributed by atoms with E-state index >= 15 is 0 Å². The van der Waals surface area contributed by atoms with Gasteiger partial charge in [-0.1, -0.05) is 19.1 Å². The van der Waals surface area contributed by atoms with Crippen molar-refractivity contribution in [3.63, 3.8) is 0 Å². The van der Waals surface area contributed by atoms with Crippen LogP contribution in [0.3, 0.4) is 0 Å². The first-order chi connectivity index (χ1) is 12.5. The fraction of sp³-hybridized carbons (Fsp3) is 0.316. The summed E-state index contributed by atoms with van der Waals surface area (Å²) in [6.07, 6.45) is 2.30. The Hall–Kier alpha value is -2.67. The van der Waals surface area contributed by atoms with Gasteiger partial charge in [0.2, 0.25) is 5.91 Å². The molecule has 0 spiro atoms. The van der Waals surface area contributed by atoms with Crippen molar-refractivity contribution < 1.29 is 9.53 Å². The van der Waals surface area contributed by atoms with Crippen molar-refractivity contribution in [1.82, 2.24) is 9.55 Å². The van der Waals surface area contributed by atoms with E-state index in [9.17, 15) is 9.59 Å². The molecule has 136 valence electrons. The lowest BCUT2D eigenvalue weighted by Crippen LogP contribution is -2.31. The van der Waals surface area contributed by atoms with Crippen molar-refractivity contribution >= 4 is 33.1 Å². The summed E-state index contributed by atoms with van der Waals surface area (Å²) in [5, 5.41) is 3.40. The Morgan fingerprint density at radius 1 is 1.35 bits per heavy atom. The molecule has 3 aromatic rings. The van der Waals surface area contributed by atoms with Crippen LogP contribution in [0.4, 0.5) is 5.69 Å². The fourth-order valence-corrected chi connectivity index (χ4v) is 3.58. The number of carbonyl (C=O) groups excluding carboxylic acids is 1. The zero-order chi connectivity index (χ0) is 18.7. The normalized spacial score (nSPS) is 12.1. The van der Waals surface area contributed by atoms with Gasteiger partial charge in [-0.25, -0.2) is 4.98 Å². The number of nitrogens with zero attached hydrogens (tertiary/aromatic N) is 2. The lowest BCUT2D eigenvalue weighted by Gasteiger charge is -2.16. The van der Waals surface area contributed by atoms with Gasteiger partial charge in [0.1, 0.15) is 16.6 Å². The van der Waals surface area contributed by atoms with Crippen LogP contribution in [0.2, 0.25) is 0 Å². The van der Waals surface area contributed by atoms with Gasteiger partial charge in [-0.05, 0) is 38.5 Å². The molecule has 0 saturated carbocycles. The van der Waals surface area contributed by atoms with Crippen LogP contribution in [0.1, 0.15) is 31.7 Å². The van der Waals surface area contributed by atoms with E-state index in [0.717, 1.165) is 11.3 Å². The van der Waals surface area contributed by atoms with Gasteiger partial charge in [-0.2, -0.15) is 0 Å². The van der Waals surface area contributed by atoms with Crippen molar-refractivity contribution in [3.8, 4) is 5.75 Å². The second-order valence-corrected chi connectivity index (χ2v) is 6.95. The number of ether oxygens (including phenoxy) is 1. The van der Waals surface area contributed by atoms with E-state index in [1.807, 2.05) is 32.0 Å². The molecule has 26 heavy (non-hydrogen) atoms. The summed E-state index contributed by atoms with van der Waals surface area (Å²) < 4.78 is 6.89. The smallest absolute Gasteiger partial charge is 0.262 e. The van der Waals surface area contributed by atoms with Gasteiger partial charge in [-0.3, -0.25) is 14.2 Å². The summed E-state index contributed by atoms with van der Waals surface area (Å²) in [7, 11) is 0. The van der Waals surface area contributed by atoms with Crippen molar-refractivity contribution in [3.05, 3.63) is 51.9 Å². The number of carbonyl (C=O) groups is 1. The Morgan fingerprint density at radius 2 is 2.12 bits per heavy atom. The second kappa shape index (κ2) is 7.70. The minimum Gasteiger partial charge on any atom is -0.492 e. The molecule has 7 heteroatoms. The van der Waals surface area contributed by atoms with Gasteiger partial charge in [0.25, 0.3) is 5.56 Å². The van der Waals surface area contributed by atoms with Crippen LogP contribution in [0.5, 0.6) is 5.75 Å². The molecule has 0 radical (unpaired) electrons. The lowest BCUT2D eigenvalue weighted by atomic mass is 10.2. The average Bonchev–Trinajstić information content (AvgIpc) is 3.08. The third-order valence-electron chi connectivity index (χ3n) is 4.12. The molecule has 2 aromatic heterocycles. The molecule has 1 atom stereocenters. The first kappa shape index (κ1) is 18.1. The summed E-state index contributed by atoms with van der Waals surface area (Å²) in [4.78, 5) is 31.6. The third kappa shape index (κ3) is 3.48. The molecule has 0 aliphatic heterocycles. The highest BCUT2D eigenvalue weighted by molar-refractivity contribution is 7.18. The number of fused-ring (bicyclic) bond motifs is 1. The van der Waals surface area contributed by atoms with Crippen molar-refractivity contribution in [2.24, 2.45) is 0 Å². The molecule has 1 aromatic carbocycles. The van der Waals surface area contributed by atoms with E-state index in [0.29, 0.717) is 28.3 Å². The zero-order valence-electron chi connectivity index (χ0n) is 15.0. The minimum atomic E-state index is -0.695. The lowest BCUT2D eigenvalue weighted by molar-refractivity contribution is -0.118. The average molecular weight is 371 g/mol. The van der Waals surface area contributed by atoms with E-state index in [2.05, 4.69) is 10.3 Å². The number of anilines is 1. The van der Waals surface area contributed by atoms with Gasteiger partial charge in [0.15, 0.2) is 0 Å². The third-order valence-corrected chi connectivity index (χ3v) is 5.31. The number of para-hydroxylation sites is 2. The molecular formula is C19H21N3O3S. The van der Waals surface area contributed by atoms with Crippen LogP contribution in [0, 0.1) is 0 Å². The highest BCUT2D eigenvalue weighted by atomic mass is 32.1. The first-order valence-electron chi connectivity index (χ1n) is 8.57. The topological polar surface area (TPSA) is 73.2 Å². The maximum atomic E-state index is 12.8. The summed E-state index contributed by atoms with van der Waals surface area (Å²) in [6.45, 7) is 6.10. The molecule has 0 saturated heterocycles. The van der Waals surface area contributed by atoms with Crippen molar-refractivity contribution in [2.45, 2.75) is 33.2 Å². The molecule has 1 amide bonds. The summed E-state index contributed by atoms with van der Waals surface area (Å²) >= 11 is 1.51. The Balaban J connectivity index is 1.88. The number of aromatic nitrogens is 2. The molecule has 3 rings (SSSR count). The maximum absolute atomic E-state index is 12.8. The van der Waals surface area contributed by atoms with E-state index in [1.165, 1.54) is 22.2 Å². The van der Waals surface area contributed by atoms with Gasteiger partial charge in [0, 0.05) is 4.88 Å². The SMILES string of the molecule is CCOc1ccccc1NC(=O)C(C)n1cnc2sc(CC)cc2c1=O. The zero-order valence-corrected chi connectivity index (χ0v) is 15.8. The fourth-order valence-electron chi connectivity index (χ4n) is 2.65. The molecular weight excluding hydrogens is 350 g/mol. The largest absolute Gasteiger partial charge is 0.492 e. The first-order valence-corrected chi connectivity index (χ1v) is 9.39. The van der Waals surface area contributed by atoms with Gasteiger partial charge >= 0.3 is 0 Å². The maximum Gasteiger partial charge on any atom is 0.262 e. The van der Waals surface area contributed by atoms with Gasteiger partial charge in [0.05, 0.1) is 24.0 Å². The quantitative estimate of drug-likeness (QED) is 0.718. The second-order valence-electron chi connectivity index (χ2n) is 5.84. The van der Waals surface area contributed by atoms with E-state index < -0.39 is 6.04 Å². The number of hydrogen-bond donors (Lipinski definition) is 1. The summed E-state index contributed by atoms with van der Waals surface area (Å²) in [5.74, 6) is 0.299. The molecule has 0 bridgehead atoms. The van der Waals surface area contributed by atoms with Crippen LogP contribution >= 0.6 is 11.3 Å². The van der Waals surface area contributed by atoms with Crippen LogP contribution in [-0.4, -0.2) is 22.1 Å². The van der Waals surface area contributed by atoms with E-state index in [-0.39, 0.29) is 11.5 Å². The molecule has 2 heterocycles. The van der Waals surface area contributed by atoms with E-state index in [1.54, 1.807) is 19.1 Å². The van der Waals surface area contributed by atoms with Gasteiger partial charge < -0.3 is 10.1 Å². The predicted octanol–water partition coefficient (Wildman–Crippen LogP) is 3.62. The molecule has 6 nitrogen and oxygen atoms in total. The highest BCUT2D eigenvalue weighted by Gasteiger charge is 2.19. The van der Waals surface area contributed by atoms with Crippen molar-refractivity contribution in [1.29, 1.82) is 0 Å². The number of benzene rings is 1. The Kier molecular flexibility index (Phi) is 5.37. The molecule has 0 fully saturated rings. The highest BCUT2D eigenvalue weighted by Crippen LogP contribution is 2.25. The van der Waals surface area contributed by atoms with Crippen molar-refractivity contribution in [2.75, 3.05) is 11.9 Å². The Bertz CT molecular complexity index is 993. The van der Waals surface area contributed by atoms with Gasteiger partial charge in [-0.15, -0.1) is 11.3 Å². The summed E-state index contributed by atoms with van der Waals surface area (Å²) in [5.41, 5.74) is 0.379. The summed E-state index contributed by atoms with van der Waals surface area (Å²) in [6, 6.07) is 8.39. The van der Waals surface area contributed by atoms with Crippen LogP contribution in [-0.2, 0) is 11.2 Å². The Morgan fingerprint density at radius 3 is 2.85 bits per heavy atom. The van der Waals surface area contributed by atoms with Crippen LogP contribution < -0.4 is 15.6 Å². The standard InChI is InChI=1S/C19H21N3O3S/c1-4-13-10-14-18(26-13)20-11-22(19(14)24)12(3)17(23)21-15-8-6-7-9-16(15)25-5-2/h6-12H,4-5H2,1-3H3,(H,21,23). The Labute approximate surface area is 155 Å². The molecule has 0 aliphatic carbocycles. The predicted molar refractivity (Wildman–Crippen MR) is 104 cm³/mol. The monoisotopic (exact) mass is 371 g/mol. The molecule has 1 N–H and O–H groups in total. The minimum absolute atomic E-state index is 0.202. The van der Waals surface area contributed by atoms with Crippen LogP contribution in [0.25, 0.3) is 10.2 Å². The number of nitrogens with one attached hydrogen (secondary N) is 1. The number of thiophene rings is 1. The molecule has 1 unspecified atom stereocenters. The number of rotatable bonds is 6. The van der Waals surface area contributed by atoms with Crippen LogP contribution in [0.15, 0.2) is 41.5 Å². The number of hydrogen-bond acceptors (Lipinski definition) is 5. The molecule has 0 aliphatic rings. The number of amides is 1. The van der Waals surface area contributed by atoms with E-state index in [4.69, 9.17) is 4.74 Å².